The van der Waals surface area contributed by atoms with Crippen LogP contribution in [-0.4, -0.2) is 39.6 Å². The number of nitrogens with one attached hydrogen (secondary N) is 1. The van der Waals surface area contributed by atoms with Gasteiger partial charge in [0.15, 0.2) is 0 Å². The Bertz CT molecular complexity index is 833. The molecule has 0 spiro atoms. The van der Waals surface area contributed by atoms with Crippen molar-refractivity contribution in [1.29, 1.82) is 0 Å². The normalized spacial score (nSPS) is 11.0. The number of carbonyl (C=O) groups is 2. The summed E-state index contributed by atoms with van der Waals surface area (Å²) in [5, 5.41) is 7.54. The van der Waals surface area contributed by atoms with Crippen molar-refractivity contribution >= 4 is 17.5 Å². The van der Waals surface area contributed by atoms with E-state index in [1.165, 1.54) is 0 Å². The molecule has 1 aromatic carbocycles. The molecule has 0 unspecified atom stereocenters. The number of nitrogens with zero attached hydrogens (tertiary/aromatic N) is 3. The maximum Gasteiger partial charge on any atom is 0.253 e. The molecule has 2 amide bonds. The van der Waals surface area contributed by atoms with Crippen molar-refractivity contribution < 1.29 is 9.59 Å². The van der Waals surface area contributed by atoms with Crippen LogP contribution in [0.1, 0.15) is 61.4 Å². The van der Waals surface area contributed by atoms with Crippen molar-refractivity contribution in [3.63, 3.8) is 0 Å². The highest BCUT2D eigenvalue weighted by Gasteiger charge is 2.15. The van der Waals surface area contributed by atoms with Crippen LogP contribution in [0.3, 0.4) is 0 Å². The molecule has 1 aromatic heterocycles. The Morgan fingerprint density at radius 2 is 1.72 bits per heavy atom. The van der Waals surface area contributed by atoms with Crippen molar-refractivity contribution in [1.82, 2.24) is 14.7 Å². The van der Waals surface area contributed by atoms with Gasteiger partial charge in [-0.3, -0.25) is 14.3 Å². The fourth-order valence-electron chi connectivity index (χ4n) is 3.47. The van der Waals surface area contributed by atoms with Crippen molar-refractivity contribution in [2.75, 3.05) is 18.4 Å². The zero-order valence-electron chi connectivity index (χ0n) is 18.6. The van der Waals surface area contributed by atoms with Gasteiger partial charge in [0, 0.05) is 43.0 Å². The molecule has 1 heterocycles. The Balaban J connectivity index is 1.95. The minimum atomic E-state index is -0.0387. The highest BCUT2D eigenvalue weighted by molar-refractivity contribution is 5.95. The lowest BCUT2D eigenvalue weighted by Gasteiger charge is -2.18. The number of aromatic nitrogens is 2. The van der Waals surface area contributed by atoms with Crippen molar-refractivity contribution in [3.05, 3.63) is 46.8 Å². The molecule has 1 N–H and O–H groups in total. The van der Waals surface area contributed by atoms with Gasteiger partial charge in [-0.2, -0.15) is 5.10 Å². The molecule has 0 saturated carbocycles. The molecule has 158 valence electrons. The largest absolute Gasteiger partial charge is 0.339 e. The molecule has 2 rings (SSSR count). The Morgan fingerprint density at radius 3 is 2.28 bits per heavy atom. The molecule has 0 aliphatic carbocycles. The molecule has 0 radical (unpaired) electrons. The summed E-state index contributed by atoms with van der Waals surface area (Å²) in [7, 11) is 0. The van der Waals surface area contributed by atoms with E-state index in [0.717, 1.165) is 23.5 Å². The van der Waals surface area contributed by atoms with Gasteiger partial charge in [-0.1, -0.05) is 13.8 Å². The first kappa shape index (κ1) is 22.7. The first-order chi connectivity index (χ1) is 13.8. The van der Waals surface area contributed by atoms with E-state index < -0.39 is 0 Å². The summed E-state index contributed by atoms with van der Waals surface area (Å²) in [5.41, 5.74) is 4.63. The quantitative estimate of drug-likeness (QED) is 0.688. The third-order valence-corrected chi connectivity index (χ3v) is 5.14. The third kappa shape index (κ3) is 5.92. The van der Waals surface area contributed by atoms with Crippen molar-refractivity contribution in [2.24, 2.45) is 5.92 Å². The highest BCUT2D eigenvalue weighted by atomic mass is 16.2. The zero-order valence-corrected chi connectivity index (χ0v) is 18.6. The summed E-state index contributed by atoms with van der Waals surface area (Å²) >= 11 is 0. The van der Waals surface area contributed by atoms with E-state index in [1.54, 1.807) is 29.2 Å². The predicted molar refractivity (Wildman–Crippen MR) is 117 cm³/mol. The lowest BCUT2D eigenvalue weighted by molar-refractivity contribution is -0.116. The van der Waals surface area contributed by atoms with Crippen LogP contribution in [0.15, 0.2) is 24.3 Å². The van der Waals surface area contributed by atoms with Crippen LogP contribution in [0.5, 0.6) is 0 Å². The van der Waals surface area contributed by atoms with Crippen LogP contribution < -0.4 is 5.32 Å². The smallest absolute Gasteiger partial charge is 0.253 e. The number of rotatable bonds is 9. The first-order valence-corrected chi connectivity index (χ1v) is 10.5. The molecule has 6 heteroatoms. The summed E-state index contributed by atoms with van der Waals surface area (Å²) < 4.78 is 2.04. The number of hydrogen-bond donors (Lipinski definition) is 1. The van der Waals surface area contributed by atoms with Crippen LogP contribution >= 0.6 is 0 Å². The second kappa shape index (κ2) is 10.2. The SMILES string of the molecule is CCN(CC)C(=O)c1ccc(NC(=O)CCc2c(C)nn(CC(C)C)c2C)cc1. The van der Waals surface area contributed by atoms with Crippen LogP contribution in [-0.2, 0) is 17.8 Å². The maximum absolute atomic E-state index is 12.4. The fraction of sp³-hybridized carbons (Fsp3) is 0.522. The molecule has 0 aliphatic rings. The van der Waals surface area contributed by atoms with E-state index in [-0.39, 0.29) is 11.8 Å². The lowest BCUT2D eigenvalue weighted by Crippen LogP contribution is -2.30. The summed E-state index contributed by atoms with van der Waals surface area (Å²) in [6, 6.07) is 7.10. The Hall–Kier alpha value is -2.63. The van der Waals surface area contributed by atoms with Crippen LogP contribution in [0.4, 0.5) is 5.69 Å². The van der Waals surface area contributed by atoms with E-state index in [1.807, 2.05) is 25.5 Å². The standard InChI is InChI=1S/C23H34N4O2/c1-7-26(8-2)23(29)19-9-11-20(12-10-19)24-22(28)14-13-21-17(5)25-27(18(21)6)15-16(3)4/h9-12,16H,7-8,13-15H2,1-6H3,(H,24,28). The van der Waals surface area contributed by atoms with Gasteiger partial charge in [-0.15, -0.1) is 0 Å². The molecule has 0 fully saturated rings. The van der Waals surface area contributed by atoms with E-state index in [2.05, 4.69) is 31.2 Å². The van der Waals surface area contributed by atoms with Gasteiger partial charge in [-0.05, 0) is 69.9 Å². The van der Waals surface area contributed by atoms with Crippen LogP contribution in [0, 0.1) is 19.8 Å². The molecule has 0 aliphatic heterocycles. The second-order valence-electron chi connectivity index (χ2n) is 7.83. The highest BCUT2D eigenvalue weighted by Crippen LogP contribution is 2.17. The number of anilines is 1. The maximum atomic E-state index is 12.4. The first-order valence-electron chi connectivity index (χ1n) is 10.5. The van der Waals surface area contributed by atoms with Gasteiger partial charge >= 0.3 is 0 Å². The molecule has 2 aromatic rings. The zero-order chi connectivity index (χ0) is 21.6. The molecular formula is C23H34N4O2. The summed E-state index contributed by atoms with van der Waals surface area (Å²) in [4.78, 5) is 26.5. The average molecular weight is 399 g/mol. The molecule has 0 saturated heterocycles. The molecule has 0 atom stereocenters. The predicted octanol–water partition coefficient (Wildman–Crippen LogP) is 4.21. The van der Waals surface area contributed by atoms with Crippen LogP contribution in [0.2, 0.25) is 0 Å². The minimum absolute atomic E-state index is 0.0113. The molecular weight excluding hydrogens is 364 g/mol. The number of hydrogen-bond acceptors (Lipinski definition) is 3. The number of amides is 2. The topological polar surface area (TPSA) is 67.2 Å². The summed E-state index contributed by atoms with van der Waals surface area (Å²) in [6.45, 7) is 14.6. The van der Waals surface area contributed by atoms with Gasteiger partial charge < -0.3 is 10.2 Å². The van der Waals surface area contributed by atoms with E-state index in [0.29, 0.717) is 43.1 Å². The van der Waals surface area contributed by atoms with Gasteiger partial charge in [0.2, 0.25) is 5.91 Å². The van der Waals surface area contributed by atoms with Crippen molar-refractivity contribution in [2.45, 2.75) is 60.9 Å². The van der Waals surface area contributed by atoms with Gasteiger partial charge in [-0.25, -0.2) is 0 Å². The number of aryl methyl sites for hydroxylation is 1. The Labute approximate surface area is 174 Å². The third-order valence-electron chi connectivity index (χ3n) is 5.14. The van der Waals surface area contributed by atoms with E-state index in [4.69, 9.17) is 0 Å². The molecule has 0 bridgehead atoms. The van der Waals surface area contributed by atoms with Crippen LogP contribution in [0.25, 0.3) is 0 Å². The molecule has 6 nitrogen and oxygen atoms in total. The van der Waals surface area contributed by atoms with Crippen molar-refractivity contribution in [3.8, 4) is 0 Å². The Kier molecular flexibility index (Phi) is 8.00. The summed E-state index contributed by atoms with van der Waals surface area (Å²) in [5.74, 6) is 0.501. The average Bonchev–Trinajstić information content (AvgIpc) is 2.94. The minimum Gasteiger partial charge on any atom is -0.339 e. The molecule has 29 heavy (non-hydrogen) atoms. The fourth-order valence-corrected chi connectivity index (χ4v) is 3.47. The van der Waals surface area contributed by atoms with E-state index in [9.17, 15) is 9.59 Å². The van der Waals surface area contributed by atoms with Gasteiger partial charge in [0.1, 0.15) is 0 Å². The summed E-state index contributed by atoms with van der Waals surface area (Å²) in [6.07, 6.45) is 1.06. The Morgan fingerprint density at radius 1 is 1.10 bits per heavy atom. The monoisotopic (exact) mass is 398 g/mol. The number of benzene rings is 1. The van der Waals surface area contributed by atoms with Gasteiger partial charge in [0.25, 0.3) is 5.91 Å². The number of carbonyl (C=O) groups excluding carboxylic acids is 2. The van der Waals surface area contributed by atoms with Gasteiger partial charge in [0.05, 0.1) is 5.69 Å². The lowest BCUT2D eigenvalue weighted by atomic mass is 10.1. The van der Waals surface area contributed by atoms with E-state index >= 15 is 0 Å². The second-order valence-corrected chi connectivity index (χ2v) is 7.83.